The molecule has 0 aromatic heterocycles. The molecule has 19 heavy (non-hydrogen) atoms. The van der Waals surface area contributed by atoms with E-state index in [1.807, 2.05) is 5.32 Å². The predicted octanol–water partition coefficient (Wildman–Crippen LogP) is 2.67. The maximum absolute atomic E-state index is 13.7. The number of ether oxygens (including phenoxy) is 2. The highest BCUT2D eigenvalue weighted by Crippen LogP contribution is 2.39. The first-order chi connectivity index (χ1) is 8.45. The van der Waals surface area contributed by atoms with Crippen LogP contribution in [0.2, 0.25) is 0 Å². The predicted molar refractivity (Wildman–Crippen MR) is 62.4 cm³/mol. The number of alkyl carbamates (subject to hydrolysis) is 1. The molecule has 1 atom stereocenters. The third-order valence-electron chi connectivity index (χ3n) is 2.60. The second-order valence-corrected chi connectivity index (χ2v) is 3.77. The van der Waals surface area contributed by atoms with Gasteiger partial charge in [0.2, 0.25) is 0 Å². The molecule has 1 N–H and O–H groups in total. The molecule has 8 heteroatoms. The Balaban J connectivity index is 0.00000180. The van der Waals surface area contributed by atoms with Gasteiger partial charge in [-0.15, -0.1) is 12.4 Å². The van der Waals surface area contributed by atoms with Crippen LogP contribution < -0.4 is 10.1 Å². The van der Waals surface area contributed by atoms with Gasteiger partial charge in [-0.3, -0.25) is 0 Å². The normalized spacial score (nSPS) is 20.8. The highest BCUT2D eigenvalue weighted by atomic mass is 35.5. The second-order valence-electron chi connectivity index (χ2n) is 3.77. The monoisotopic (exact) mass is 297 g/mol. The molecule has 1 aliphatic heterocycles. The van der Waals surface area contributed by atoms with E-state index in [0.717, 1.165) is 6.07 Å². The minimum absolute atomic E-state index is 0. The smallest absolute Gasteiger partial charge is 0.408 e. The molecule has 1 fully saturated rings. The number of hydrogen-bond donors (Lipinski definition) is 1. The Hall–Kier alpha value is -1.63. The Kier molecular flexibility index (Phi) is 4.52. The average Bonchev–Trinajstić information content (AvgIpc) is 2.32. The Morgan fingerprint density at radius 1 is 1.47 bits per heavy atom. The molecule has 0 radical (unpaired) electrons. The summed E-state index contributed by atoms with van der Waals surface area (Å²) in [6.07, 6.45) is -1.02. The molecule has 2 rings (SSSR count). The van der Waals surface area contributed by atoms with Crippen molar-refractivity contribution in [1.29, 1.82) is 0 Å². The van der Waals surface area contributed by atoms with Crippen molar-refractivity contribution >= 4 is 18.5 Å². The lowest BCUT2D eigenvalue weighted by Crippen LogP contribution is -2.50. The number of alkyl halides is 2. The van der Waals surface area contributed by atoms with Crippen molar-refractivity contribution in [3.05, 3.63) is 29.6 Å². The summed E-state index contributed by atoms with van der Waals surface area (Å²) < 4.78 is 50.0. The van der Waals surface area contributed by atoms with Gasteiger partial charge in [0.15, 0.2) is 6.61 Å². The number of halogens is 4. The highest BCUT2D eigenvalue weighted by Gasteiger charge is 2.49. The van der Waals surface area contributed by atoms with E-state index in [1.165, 1.54) is 19.2 Å². The van der Waals surface area contributed by atoms with Crippen LogP contribution in [0.5, 0.6) is 5.75 Å². The van der Waals surface area contributed by atoms with E-state index >= 15 is 0 Å². The van der Waals surface area contributed by atoms with Crippen molar-refractivity contribution in [2.24, 2.45) is 0 Å². The minimum Gasteiger partial charge on any atom is -0.496 e. The number of carbonyl (C=O) groups is 1. The molecule has 106 valence electrons. The summed E-state index contributed by atoms with van der Waals surface area (Å²) in [5.74, 6) is -4.34. The number of amides is 1. The fourth-order valence-corrected chi connectivity index (χ4v) is 1.77. The lowest BCUT2D eigenvalue weighted by molar-refractivity contribution is -0.105. The SMILES string of the molecule is COc1cccc(F)c1[C@H]1NC(=O)OCC1(F)F.Cl. The van der Waals surface area contributed by atoms with Gasteiger partial charge in [-0.25, -0.2) is 18.0 Å². The summed E-state index contributed by atoms with van der Waals surface area (Å²) in [5, 5.41) is 1.91. The van der Waals surface area contributed by atoms with E-state index in [2.05, 4.69) is 4.74 Å². The number of hydrogen-bond acceptors (Lipinski definition) is 3. The molecule has 1 heterocycles. The lowest BCUT2D eigenvalue weighted by Gasteiger charge is -2.32. The van der Waals surface area contributed by atoms with Crippen LogP contribution >= 0.6 is 12.4 Å². The fraction of sp³-hybridized carbons (Fsp3) is 0.364. The van der Waals surface area contributed by atoms with Gasteiger partial charge in [0, 0.05) is 0 Å². The lowest BCUT2D eigenvalue weighted by atomic mass is 9.98. The number of methoxy groups -OCH3 is 1. The molecule has 0 aliphatic carbocycles. The van der Waals surface area contributed by atoms with E-state index in [0.29, 0.717) is 0 Å². The quantitative estimate of drug-likeness (QED) is 0.913. The molecule has 1 aliphatic rings. The van der Waals surface area contributed by atoms with Gasteiger partial charge in [-0.05, 0) is 12.1 Å². The van der Waals surface area contributed by atoms with Crippen LogP contribution in [0.3, 0.4) is 0 Å². The maximum Gasteiger partial charge on any atom is 0.408 e. The first-order valence-electron chi connectivity index (χ1n) is 5.09. The van der Waals surface area contributed by atoms with Crippen molar-refractivity contribution in [2.75, 3.05) is 13.7 Å². The molecular weight excluding hydrogens is 287 g/mol. The van der Waals surface area contributed by atoms with Gasteiger partial charge in [-0.1, -0.05) is 6.07 Å². The molecule has 0 spiro atoms. The molecule has 1 saturated heterocycles. The van der Waals surface area contributed by atoms with Crippen molar-refractivity contribution < 1.29 is 27.4 Å². The summed E-state index contributed by atoms with van der Waals surface area (Å²) in [6, 6.07) is 1.89. The van der Waals surface area contributed by atoms with Crippen molar-refractivity contribution in [3.8, 4) is 5.75 Å². The van der Waals surface area contributed by atoms with Crippen LogP contribution in [0.25, 0.3) is 0 Å². The molecule has 4 nitrogen and oxygen atoms in total. The first-order valence-corrected chi connectivity index (χ1v) is 5.09. The van der Waals surface area contributed by atoms with Crippen LogP contribution in [0.4, 0.5) is 18.0 Å². The number of rotatable bonds is 2. The number of benzene rings is 1. The Morgan fingerprint density at radius 3 is 2.79 bits per heavy atom. The first kappa shape index (κ1) is 15.4. The van der Waals surface area contributed by atoms with Crippen molar-refractivity contribution in [2.45, 2.75) is 12.0 Å². The minimum atomic E-state index is -3.41. The van der Waals surface area contributed by atoms with E-state index in [9.17, 15) is 18.0 Å². The fourth-order valence-electron chi connectivity index (χ4n) is 1.77. The van der Waals surface area contributed by atoms with E-state index < -0.39 is 30.5 Å². The topological polar surface area (TPSA) is 47.6 Å². The third kappa shape index (κ3) is 2.86. The molecule has 0 saturated carbocycles. The van der Waals surface area contributed by atoms with Gasteiger partial charge >= 0.3 is 12.0 Å². The van der Waals surface area contributed by atoms with Gasteiger partial charge < -0.3 is 14.8 Å². The third-order valence-corrected chi connectivity index (χ3v) is 2.60. The van der Waals surface area contributed by atoms with Crippen LogP contribution in [-0.2, 0) is 4.74 Å². The highest BCUT2D eigenvalue weighted by molar-refractivity contribution is 5.85. The molecule has 0 bridgehead atoms. The number of nitrogens with one attached hydrogen (secondary N) is 1. The summed E-state index contributed by atoms with van der Waals surface area (Å²) in [7, 11) is 1.23. The molecule has 0 unspecified atom stereocenters. The molecule has 1 aromatic carbocycles. The summed E-state index contributed by atoms with van der Waals surface area (Å²) in [4.78, 5) is 11.0. The standard InChI is InChI=1S/C11H10F3NO3.ClH/c1-17-7-4-2-3-6(12)8(7)9-11(13,14)5-18-10(16)15-9;/h2-4,9H,5H2,1H3,(H,15,16);1H/t9-;/m1./s1. The second kappa shape index (κ2) is 5.56. The largest absolute Gasteiger partial charge is 0.496 e. The number of cyclic esters (lactones) is 1. The maximum atomic E-state index is 13.7. The molecule has 1 amide bonds. The summed E-state index contributed by atoms with van der Waals surface area (Å²) in [6.45, 7) is -1.10. The zero-order chi connectivity index (χ0) is 13.3. The average molecular weight is 298 g/mol. The Morgan fingerprint density at radius 2 is 2.16 bits per heavy atom. The van der Waals surface area contributed by atoms with Crippen LogP contribution in [0.15, 0.2) is 18.2 Å². The van der Waals surface area contributed by atoms with Gasteiger partial charge in [0.05, 0.1) is 12.7 Å². The van der Waals surface area contributed by atoms with E-state index in [4.69, 9.17) is 4.74 Å². The van der Waals surface area contributed by atoms with E-state index in [-0.39, 0.29) is 23.7 Å². The zero-order valence-electron chi connectivity index (χ0n) is 9.78. The van der Waals surface area contributed by atoms with Gasteiger partial charge in [-0.2, -0.15) is 0 Å². The Bertz CT molecular complexity index is 484. The molecular formula is C11H11ClF3NO3. The summed E-state index contributed by atoms with van der Waals surface area (Å²) >= 11 is 0. The van der Waals surface area contributed by atoms with Gasteiger partial charge in [0.1, 0.15) is 17.6 Å². The summed E-state index contributed by atoms with van der Waals surface area (Å²) in [5.41, 5.74) is -0.387. The number of carbonyl (C=O) groups excluding carboxylic acids is 1. The van der Waals surface area contributed by atoms with Crippen LogP contribution in [-0.4, -0.2) is 25.7 Å². The zero-order valence-corrected chi connectivity index (χ0v) is 10.6. The van der Waals surface area contributed by atoms with Crippen molar-refractivity contribution in [3.63, 3.8) is 0 Å². The Labute approximate surface area is 113 Å². The van der Waals surface area contributed by atoms with Crippen molar-refractivity contribution in [1.82, 2.24) is 5.32 Å². The van der Waals surface area contributed by atoms with Gasteiger partial charge in [0.25, 0.3) is 0 Å². The van der Waals surface area contributed by atoms with Crippen LogP contribution in [0.1, 0.15) is 11.6 Å². The van der Waals surface area contributed by atoms with Crippen LogP contribution in [0, 0.1) is 5.82 Å². The molecule has 1 aromatic rings. The van der Waals surface area contributed by atoms with E-state index in [1.54, 1.807) is 0 Å².